The van der Waals surface area contributed by atoms with Gasteiger partial charge >= 0.3 is 0 Å². The molecule has 0 aliphatic heterocycles. The summed E-state index contributed by atoms with van der Waals surface area (Å²) in [6.07, 6.45) is 1.60. The zero-order valence-corrected chi connectivity index (χ0v) is 11.3. The molecule has 4 heteroatoms. The number of nitrogen functional groups attached to an aromatic ring is 1. The lowest BCUT2D eigenvalue weighted by atomic mass is 10.2. The summed E-state index contributed by atoms with van der Waals surface area (Å²) in [5.74, 6) is 0.929. The van der Waals surface area contributed by atoms with Gasteiger partial charge in [0.05, 0.1) is 5.52 Å². The quantitative estimate of drug-likeness (QED) is 0.739. The molecule has 0 aliphatic carbocycles. The minimum Gasteiger partial charge on any atom is -0.399 e. The van der Waals surface area contributed by atoms with Crippen LogP contribution in [-0.2, 0) is 6.54 Å². The number of nitrogens with zero attached hydrogens (tertiary/aromatic N) is 3. The van der Waals surface area contributed by atoms with Crippen LogP contribution in [0.15, 0.2) is 54.9 Å². The average Bonchev–Trinajstić information content (AvgIpc) is 2.46. The summed E-state index contributed by atoms with van der Waals surface area (Å²) in [5, 5.41) is 1.06. The first-order valence-corrected chi connectivity index (χ1v) is 6.49. The van der Waals surface area contributed by atoms with Crippen molar-refractivity contribution in [1.29, 1.82) is 0 Å². The third-order valence-corrected chi connectivity index (χ3v) is 3.25. The van der Waals surface area contributed by atoms with E-state index in [2.05, 4.69) is 20.9 Å². The molecule has 3 aromatic rings. The third kappa shape index (κ3) is 2.40. The summed E-state index contributed by atoms with van der Waals surface area (Å²) in [7, 11) is 2.03. The van der Waals surface area contributed by atoms with E-state index < -0.39 is 0 Å². The van der Waals surface area contributed by atoms with Crippen LogP contribution in [0.5, 0.6) is 0 Å². The molecule has 2 N–H and O–H groups in total. The van der Waals surface area contributed by atoms with Crippen LogP contribution in [0, 0.1) is 0 Å². The lowest BCUT2D eigenvalue weighted by molar-refractivity contribution is 0.900. The van der Waals surface area contributed by atoms with Crippen molar-refractivity contribution in [1.82, 2.24) is 9.97 Å². The predicted molar refractivity (Wildman–Crippen MR) is 82.5 cm³/mol. The molecular weight excluding hydrogens is 248 g/mol. The van der Waals surface area contributed by atoms with E-state index in [1.807, 2.05) is 49.5 Å². The number of fused-ring (bicyclic) bond motifs is 1. The largest absolute Gasteiger partial charge is 0.399 e. The molecule has 2 aromatic carbocycles. The number of benzene rings is 2. The summed E-state index contributed by atoms with van der Waals surface area (Å²) in [4.78, 5) is 10.8. The van der Waals surface area contributed by atoms with Crippen LogP contribution in [0.3, 0.4) is 0 Å². The van der Waals surface area contributed by atoms with E-state index in [1.165, 1.54) is 0 Å². The first-order valence-electron chi connectivity index (χ1n) is 6.49. The van der Waals surface area contributed by atoms with Crippen LogP contribution in [0.25, 0.3) is 10.9 Å². The van der Waals surface area contributed by atoms with Crippen molar-refractivity contribution in [3.8, 4) is 0 Å². The molecule has 100 valence electrons. The average molecular weight is 264 g/mol. The fourth-order valence-corrected chi connectivity index (χ4v) is 2.33. The number of hydrogen-bond acceptors (Lipinski definition) is 4. The third-order valence-electron chi connectivity index (χ3n) is 3.25. The van der Waals surface area contributed by atoms with Gasteiger partial charge in [-0.2, -0.15) is 0 Å². The summed E-state index contributed by atoms with van der Waals surface area (Å²) >= 11 is 0. The number of nitrogens with two attached hydrogens (primary N) is 1. The van der Waals surface area contributed by atoms with Gasteiger partial charge in [-0.1, -0.05) is 24.3 Å². The Bertz CT molecular complexity index is 734. The zero-order valence-electron chi connectivity index (χ0n) is 11.3. The maximum Gasteiger partial charge on any atom is 0.139 e. The minimum absolute atomic E-state index is 0.756. The van der Waals surface area contributed by atoms with Crippen molar-refractivity contribution in [3.63, 3.8) is 0 Å². The van der Waals surface area contributed by atoms with Gasteiger partial charge in [-0.25, -0.2) is 9.97 Å². The first-order chi connectivity index (χ1) is 9.74. The monoisotopic (exact) mass is 264 g/mol. The normalized spacial score (nSPS) is 10.7. The van der Waals surface area contributed by atoms with Crippen LogP contribution >= 0.6 is 0 Å². The van der Waals surface area contributed by atoms with Gasteiger partial charge in [0, 0.05) is 24.7 Å². The number of rotatable bonds is 3. The maximum atomic E-state index is 5.82. The Morgan fingerprint density at radius 3 is 2.75 bits per heavy atom. The van der Waals surface area contributed by atoms with Gasteiger partial charge in [0.1, 0.15) is 12.1 Å². The highest BCUT2D eigenvalue weighted by Crippen LogP contribution is 2.23. The van der Waals surface area contributed by atoms with Crippen LogP contribution in [-0.4, -0.2) is 17.0 Å². The molecular formula is C16H16N4. The number of hydrogen-bond donors (Lipinski definition) is 1. The lowest BCUT2D eigenvalue weighted by Crippen LogP contribution is -2.18. The minimum atomic E-state index is 0.756. The topological polar surface area (TPSA) is 55.0 Å². The Morgan fingerprint density at radius 2 is 1.90 bits per heavy atom. The zero-order chi connectivity index (χ0) is 13.9. The lowest BCUT2D eigenvalue weighted by Gasteiger charge is -2.19. The molecule has 3 rings (SSSR count). The van der Waals surface area contributed by atoms with E-state index in [0.29, 0.717) is 0 Å². The van der Waals surface area contributed by atoms with Crippen molar-refractivity contribution in [2.75, 3.05) is 17.7 Å². The molecule has 0 radical (unpaired) electrons. The van der Waals surface area contributed by atoms with Crippen molar-refractivity contribution in [3.05, 3.63) is 60.4 Å². The number of para-hydroxylation sites is 1. The Labute approximate surface area is 117 Å². The molecule has 0 aliphatic rings. The number of anilines is 2. The summed E-state index contributed by atoms with van der Waals surface area (Å²) in [6, 6.07) is 15.9. The summed E-state index contributed by atoms with van der Waals surface area (Å²) < 4.78 is 0. The second kappa shape index (κ2) is 5.17. The van der Waals surface area contributed by atoms with Crippen molar-refractivity contribution >= 4 is 22.4 Å². The summed E-state index contributed by atoms with van der Waals surface area (Å²) in [5.41, 5.74) is 8.72. The molecule has 4 nitrogen and oxygen atoms in total. The molecule has 0 saturated heterocycles. The summed E-state index contributed by atoms with van der Waals surface area (Å²) in [6.45, 7) is 0.756. The van der Waals surface area contributed by atoms with Gasteiger partial charge in [0.25, 0.3) is 0 Å². The SMILES string of the molecule is CN(Cc1cccc(N)c1)c1ncnc2ccccc12. The van der Waals surface area contributed by atoms with Crippen molar-refractivity contribution in [2.24, 2.45) is 0 Å². The van der Waals surface area contributed by atoms with Gasteiger partial charge in [0.15, 0.2) is 0 Å². The highest BCUT2D eigenvalue weighted by Gasteiger charge is 2.08. The Hall–Kier alpha value is -2.62. The molecule has 0 spiro atoms. The molecule has 0 unspecified atom stereocenters. The van der Waals surface area contributed by atoms with Gasteiger partial charge in [-0.15, -0.1) is 0 Å². The second-order valence-electron chi connectivity index (χ2n) is 4.82. The van der Waals surface area contributed by atoms with Crippen molar-refractivity contribution < 1.29 is 0 Å². The molecule has 1 aromatic heterocycles. The molecule has 0 bridgehead atoms. The highest BCUT2D eigenvalue weighted by atomic mass is 15.2. The fourth-order valence-electron chi connectivity index (χ4n) is 2.33. The molecule has 20 heavy (non-hydrogen) atoms. The predicted octanol–water partition coefficient (Wildman–Crippen LogP) is 2.85. The first kappa shape index (κ1) is 12.4. The van der Waals surface area contributed by atoms with Gasteiger partial charge in [0.2, 0.25) is 0 Å². The molecule has 0 atom stereocenters. The maximum absolute atomic E-state index is 5.82. The van der Waals surface area contributed by atoms with E-state index in [0.717, 1.165) is 34.5 Å². The van der Waals surface area contributed by atoms with Crippen LogP contribution < -0.4 is 10.6 Å². The van der Waals surface area contributed by atoms with Crippen molar-refractivity contribution in [2.45, 2.75) is 6.54 Å². The molecule has 0 fully saturated rings. The smallest absolute Gasteiger partial charge is 0.139 e. The Balaban J connectivity index is 1.94. The van der Waals surface area contributed by atoms with E-state index in [9.17, 15) is 0 Å². The molecule has 1 heterocycles. The molecule has 0 amide bonds. The highest BCUT2D eigenvalue weighted by molar-refractivity contribution is 5.89. The number of aromatic nitrogens is 2. The van der Waals surface area contributed by atoms with E-state index in [4.69, 9.17) is 5.73 Å². The van der Waals surface area contributed by atoms with Crippen LogP contribution in [0.4, 0.5) is 11.5 Å². The fraction of sp³-hybridized carbons (Fsp3) is 0.125. The van der Waals surface area contributed by atoms with Gasteiger partial charge in [-0.05, 0) is 29.8 Å². The van der Waals surface area contributed by atoms with E-state index >= 15 is 0 Å². The Kier molecular flexibility index (Phi) is 3.21. The standard InChI is InChI=1S/C16H16N4/c1-20(10-12-5-4-6-13(17)9-12)16-14-7-2-3-8-15(14)18-11-19-16/h2-9,11H,10,17H2,1H3. The Morgan fingerprint density at radius 1 is 1.05 bits per heavy atom. The van der Waals surface area contributed by atoms with E-state index in [-0.39, 0.29) is 0 Å². The van der Waals surface area contributed by atoms with Crippen LogP contribution in [0.1, 0.15) is 5.56 Å². The molecule has 0 saturated carbocycles. The van der Waals surface area contributed by atoms with Gasteiger partial charge < -0.3 is 10.6 Å². The van der Waals surface area contributed by atoms with Crippen LogP contribution in [0.2, 0.25) is 0 Å². The second-order valence-corrected chi connectivity index (χ2v) is 4.82. The van der Waals surface area contributed by atoms with Gasteiger partial charge in [-0.3, -0.25) is 0 Å². The van der Waals surface area contributed by atoms with E-state index in [1.54, 1.807) is 6.33 Å².